The van der Waals surface area contributed by atoms with Gasteiger partial charge >= 0.3 is 6.09 Å². The second-order valence-electron chi connectivity index (χ2n) is 6.98. The third-order valence-corrected chi connectivity index (χ3v) is 3.85. The van der Waals surface area contributed by atoms with Crippen molar-refractivity contribution in [1.82, 2.24) is 4.57 Å². The largest absolute Gasteiger partial charge is 0.443 e. The molecule has 1 heterocycles. The maximum absolute atomic E-state index is 12.9. The number of ether oxygens (including phenoxy) is 1. The predicted octanol–water partition coefficient (Wildman–Crippen LogP) is 5.29. The van der Waals surface area contributed by atoms with Crippen LogP contribution in [0.25, 0.3) is 22.2 Å². The van der Waals surface area contributed by atoms with E-state index in [9.17, 15) is 9.59 Å². The van der Waals surface area contributed by atoms with Crippen molar-refractivity contribution in [2.24, 2.45) is 0 Å². The zero-order chi connectivity index (χ0) is 18.2. The van der Waals surface area contributed by atoms with Gasteiger partial charge in [0.15, 0.2) is 5.78 Å². The SMILES string of the molecule is CC(=O)c1c(-c2ccccc2)n(C(=O)OC(C)(C)C)c2ccccc12. The maximum Gasteiger partial charge on any atom is 0.419 e. The highest BCUT2D eigenvalue weighted by Crippen LogP contribution is 2.34. The Bertz CT molecular complexity index is 946. The lowest BCUT2D eigenvalue weighted by Gasteiger charge is -2.21. The third kappa shape index (κ3) is 3.20. The molecule has 0 unspecified atom stereocenters. The predicted molar refractivity (Wildman–Crippen MR) is 99.0 cm³/mol. The summed E-state index contributed by atoms with van der Waals surface area (Å²) in [5, 5.41) is 0.750. The Morgan fingerprint density at radius 1 is 0.920 bits per heavy atom. The zero-order valence-electron chi connectivity index (χ0n) is 14.9. The van der Waals surface area contributed by atoms with Gasteiger partial charge in [0, 0.05) is 5.39 Å². The van der Waals surface area contributed by atoms with E-state index in [2.05, 4.69) is 0 Å². The number of hydrogen-bond donors (Lipinski definition) is 0. The lowest BCUT2D eigenvalue weighted by Crippen LogP contribution is -2.27. The van der Waals surface area contributed by atoms with Gasteiger partial charge in [0.2, 0.25) is 0 Å². The van der Waals surface area contributed by atoms with Gasteiger partial charge in [0.1, 0.15) is 5.60 Å². The molecule has 0 aliphatic rings. The molecular weight excluding hydrogens is 314 g/mol. The molecule has 1 aromatic heterocycles. The topological polar surface area (TPSA) is 48.3 Å². The molecule has 2 aromatic carbocycles. The number of fused-ring (bicyclic) bond motifs is 1. The van der Waals surface area contributed by atoms with Crippen LogP contribution in [0.2, 0.25) is 0 Å². The summed E-state index contributed by atoms with van der Waals surface area (Å²) in [4.78, 5) is 25.3. The van der Waals surface area contributed by atoms with Gasteiger partial charge in [-0.25, -0.2) is 9.36 Å². The van der Waals surface area contributed by atoms with Gasteiger partial charge in [-0.2, -0.15) is 0 Å². The summed E-state index contributed by atoms with van der Waals surface area (Å²) in [7, 11) is 0. The molecule has 0 fully saturated rings. The highest BCUT2D eigenvalue weighted by molar-refractivity contribution is 6.15. The summed E-state index contributed by atoms with van der Waals surface area (Å²) in [5.74, 6) is -0.0858. The number of Topliss-reactive ketones (excluding diaryl/α,β-unsaturated/α-hetero) is 1. The van der Waals surface area contributed by atoms with Crippen LogP contribution in [-0.4, -0.2) is 22.0 Å². The van der Waals surface area contributed by atoms with Crippen LogP contribution < -0.4 is 0 Å². The van der Waals surface area contributed by atoms with Gasteiger partial charge < -0.3 is 4.74 Å². The molecule has 0 spiro atoms. The van der Waals surface area contributed by atoms with Crippen LogP contribution in [0.5, 0.6) is 0 Å². The first-order valence-electron chi connectivity index (χ1n) is 8.23. The van der Waals surface area contributed by atoms with E-state index in [1.807, 2.05) is 75.4 Å². The molecule has 0 saturated heterocycles. The second-order valence-corrected chi connectivity index (χ2v) is 6.98. The van der Waals surface area contributed by atoms with Crippen molar-refractivity contribution in [2.45, 2.75) is 33.3 Å². The molecular formula is C21H21NO3. The molecule has 128 valence electrons. The van der Waals surface area contributed by atoms with Crippen LogP contribution in [0.15, 0.2) is 54.6 Å². The summed E-state index contributed by atoms with van der Waals surface area (Å²) in [6, 6.07) is 16.9. The fraction of sp³-hybridized carbons (Fsp3) is 0.238. The average molecular weight is 335 g/mol. The fourth-order valence-electron chi connectivity index (χ4n) is 2.96. The third-order valence-electron chi connectivity index (χ3n) is 3.85. The lowest BCUT2D eigenvalue weighted by atomic mass is 10.0. The Morgan fingerprint density at radius 3 is 2.12 bits per heavy atom. The quantitative estimate of drug-likeness (QED) is 0.598. The number of para-hydroxylation sites is 1. The van der Waals surface area contributed by atoms with Crippen molar-refractivity contribution < 1.29 is 14.3 Å². The molecule has 25 heavy (non-hydrogen) atoms. The number of carbonyl (C=O) groups is 2. The molecule has 0 radical (unpaired) electrons. The van der Waals surface area contributed by atoms with Crippen LogP contribution in [0, 0.1) is 0 Å². The van der Waals surface area contributed by atoms with E-state index in [1.54, 1.807) is 0 Å². The molecule has 0 bridgehead atoms. The molecule has 4 nitrogen and oxygen atoms in total. The van der Waals surface area contributed by atoms with Gasteiger partial charge in [-0.15, -0.1) is 0 Å². The second kappa shape index (κ2) is 6.20. The Labute approximate surface area is 147 Å². The number of nitrogens with zero attached hydrogens (tertiary/aromatic N) is 1. The minimum Gasteiger partial charge on any atom is -0.443 e. The van der Waals surface area contributed by atoms with Gasteiger partial charge in [-0.1, -0.05) is 48.5 Å². The molecule has 0 N–H and O–H groups in total. The summed E-state index contributed by atoms with van der Waals surface area (Å²) in [6.07, 6.45) is -0.491. The van der Waals surface area contributed by atoms with Crippen molar-refractivity contribution in [3.63, 3.8) is 0 Å². The summed E-state index contributed by atoms with van der Waals surface area (Å²) in [5.41, 5.74) is 1.94. The zero-order valence-corrected chi connectivity index (χ0v) is 14.9. The van der Waals surface area contributed by atoms with E-state index in [0.29, 0.717) is 16.8 Å². The van der Waals surface area contributed by atoms with Crippen molar-refractivity contribution in [3.05, 3.63) is 60.2 Å². The first-order valence-corrected chi connectivity index (χ1v) is 8.23. The summed E-state index contributed by atoms with van der Waals surface area (Å²) >= 11 is 0. The van der Waals surface area contributed by atoms with Gasteiger partial charge in [0.25, 0.3) is 0 Å². The van der Waals surface area contributed by atoms with Gasteiger partial charge in [-0.3, -0.25) is 4.79 Å². The highest BCUT2D eigenvalue weighted by Gasteiger charge is 2.27. The summed E-state index contributed by atoms with van der Waals surface area (Å²) in [6.45, 7) is 6.99. The molecule has 0 saturated carbocycles. The molecule has 0 aliphatic carbocycles. The van der Waals surface area contributed by atoms with E-state index in [-0.39, 0.29) is 5.78 Å². The van der Waals surface area contributed by atoms with Crippen molar-refractivity contribution in [3.8, 4) is 11.3 Å². The first kappa shape index (κ1) is 17.0. The van der Waals surface area contributed by atoms with Crippen molar-refractivity contribution in [1.29, 1.82) is 0 Å². The minimum absolute atomic E-state index is 0.0858. The number of benzene rings is 2. The lowest BCUT2D eigenvalue weighted by molar-refractivity contribution is 0.0547. The smallest absolute Gasteiger partial charge is 0.419 e. The van der Waals surface area contributed by atoms with Crippen LogP contribution >= 0.6 is 0 Å². The van der Waals surface area contributed by atoms with E-state index in [0.717, 1.165) is 10.9 Å². The number of carbonyl (C=O) groups excluding carboxylic acids is 2. The molecule has 0 atom stereocenters. The Kier molecular flexibility index (Phi) is 4.21. The number of rotatable bonds is 2. The number of ketones is 1. The summed E-state index contributed by atoms with van der Waals surface area (Å²) < 4.78 is 7.11. The highest BCUT2D eigenvalue weighted by atomic mass is 16.6. The van der Waals surface area contributed by atoms with Crippen LogP contribution in [0.1, 0.15) is 38.1 Å². The van der Waals surface area contributed by atoms with E-state index < -0.39 is 11.7 Å². The number of hydrogen-bond acceptors (Lipinski definition) is 3. The molecule has 0 amide bonds. The van der Waals surface area contributed by atoms with Crippen LogP contribution in [0.3, 0.4) is 0 Å². The normalized spacial score (nSPS) is 11.5. The van der Waals surface area contributed by atoms with Gasteiger partial charge in [0.05, 0.1) is 16.8 Å². The minimum atomic E-state index is -0.632. The molecule has 3 rings (SSSR count). The molecule has 3 aromatic rings. The van der Waals surface area contributed by atoms with Crippen molar-refractivity contribution in [2.75, 3.05) is 0 Å². The van der Waals surface area contributed by atoms with Crippen LogP contribution in [0.4, 0.5) is 4.79 Å². The maximum atomic E-state index is 12.9. The van der Waals surface area contributed by atoms with Crippen molar-refractivity contribution >= 4 is 22.8 Å². The standard InChI is InChI=1S/C21H21NO3/c1-14(23)18-16-12-8-9-13-17(16)22(20(24)25-21(2,3)4)19(18)15-10-6-5-7-11-15/h5-13H,1-4H3. The Hall–Kier alpha value is -2.88. The fourth-order valence-corrected chi connectivity index (χ4v) is 2.96. The van der Waals surface area contributed by atoms with E-state index in [1.165, 1.54) is 11.5 Å². The van der Waals surface area contributed by atoms with E-state index in [4.69, 9.17) is 4.74 Å². The first-order chi connectivity index (χ1) is 11.8. The average Bonchev–Trinajstić information content (AvgIpc) is 2.89. The molecule has 4 heteroatoms. The van der Waals surface area contributed by atoms with E-state index >= 15 is 0 Å². The molecule has 0 aliphatic heterocycles. The monoisotopic (exact) mass is 335 g/mol. The Morgan fingerprint density at radius 2 is 1.52 bits per heavy atom. The van der Waals surface area contributed by atoms with Gasteiger partial charge in [-0.05, 0) is 39.3 Å². The Balaban J connectivity index is 2.38. The number of aromatic nitrogens is 1. The van der Waals surface area contributed by atoms with Crippen LogP contribution in [-0.2, 0) is 4.74 Å².